The molecule has 0 saturated heterocycles. The van der Waals surface area contributed by atoms with Crippen LogP contribution in [0.5, 0.6) is 0 Å². The maximum atomic E-state index is 13.0. The van der Waals surface area contributed by atoms with Crippen molar-refractivity contribution in [2.24, 2.45) is 0 Å². The number of carbonyl (C=O) groups is 4. The monoisotopic (exact) mass is 444 g/mol. The standard InChI is InChI=1S/C21H21N2O7P/c1-2-3-9-22-18(24)12-5-7-14-17-15(8-6-13(16(12)17)19(22)25)21(27)23(20(14)26)10-4-11-31(28,29)30/h5-8H,2-4,9-11H2,1H3,(H2,28,29,30). The van der Waals surface area contributed by atoms with Crippen LogP contribution in [0.25, 0.3) is 10.8 Å². The van der Waals surface area contributed by atoms with Crippen molar-refractivity contribution in [1.82, 2.24) is 9.80 Å². The number of amides is 4. The summed E-state index contributed by atoms with van der Waals surface area (Å²) in [6.45, 7) is 2.11. The molecule has 0 spiro atoms. The number of carbonyl (C=O) groups excluding carboxylic acids is 4. The van der Waals surface area contributed by atoms with E-state index in [-0.39, 0.29) is 40.6 Å². The summed E-state index contributed by atoms with van der Waals surface area (Å²) in [7, 11) is -4.25. The molecule has 10 heteroatoms. The summed E-state index contributed by atoms with van der Waals surface area (Å²) in [4.78, 5) is 72.1. The third kappa shape index (κ3) is 3.48. The summed E-state index contributed by atoms with van der Waals surface area (Å²) < 4.78 is 11.1. The second kappa shape index (κ2) is 7.67. The molecule has 0 radical (unpaired) electrons. The molecule has 2 N–H and O–H groups in total. The Kier molecular flexibility index (Phi) is 5.29. The van der Waals surface area contributed by atoms with Gasteiger partial charge in [-0.2, -0.15) is 0 Å². The molecule has 0 unspecified atom stereocenters. The van der Waals surface area contributed by atoms with Gasteiger partial charge >= 0.3 is 7.60 Å². The summed E-state index contributed by atoms with van der Waals surface area (Å²) in [5.41, 5.74) is 0.937. The van der Waals surface area contributed by atoms with E-state index in [2.05, 4.69) is 0 Å². The minimum atomic E-state index is -4.25. The van der Waals surface area contributed by atoms with Gasteiger partial charge in [-0.05, 0) is 37.1 Å². The van der Waals surface area contributed by atoms with Gasteiger partial charge in [-0.1, -0.05) is 13.3 Å². The maximum Gasteiger partial charge on any atom is 0.325 e. The van der Waals surface area contributed by atoms with Crippen molar-refractivity contribution in [3.63, 3.8) is 0 Å². The fourth-order valence-corrected chi connectivity index (χ4v) is 4.69. The molecule has 0 aromatic heterocycles. The highest BCUT2D eigenvalue weighted by Gasteiger charge is 2.39. The molecule has 0 atom stereocenters. The van der Waals surface area contributed by atoms with Crippen molar-refractivity contribution < 1.29 is 33.5 Å². The number of hydrogen-bond donors (Lipinski definition) is 2. The first-order chi connectivity index (χ1) is 14.7. The lowest BCUT2D eigenvalue weighted by atomic mass is 9.86. The lowest BCUT2D eigenvalue weighted by Crippen LogP contribution is -2.43. The summed E-state index contributed by atoms with van der Waals surface area (Å²) in [6, 6.07) is 5.95. The van der Waals surface area contributed by atoms with Gasteiger partial charge in [-0.3, -0.25) is 33.5 Å². The highest BCUT2D eigenvalue weighted by Crippen LogP contribution is 2.39. The van der Waals surface area contributed by atoms with Crippen molar-refractivity contribution in [2.45, 2.75) is 26.2 Å². The van der Waals surface area contributed by atoms with Gasteiger partial charge in [0.25, 0.3) is 23.6 Å². The average molecular weight is 444 g/mol. The SMILES string of the molecule is CCCCN1C(=O)c2ccc3c4c(ccc(c24)C1=O)C(=O)N(CCCP(=O)(O)O)C3=O. The summed E-state index contributed by atoms with van der Waals surface area (Å²) in [5, 5.41) is 0.599. The van der Waals surface area contributed by atoms with Gasteiger partial charge in [-0.25, -0.2) is 0 Å². The number of imide groups is 2. The van der Waals surface area contributed by atoms with Crippen LogP contribution in [0.2, 0.25) is 0 Å². The second-order valence-corrected chi connectivity index (χ2v) is 9.47. The molecule has 31 heavy (non-hydrogen) atoms. The Morgan fingerprint density at radius 3 is 1.39 bits per heavy atom. The topological polar surface area (TPSA) is 132 Å². The predicted molar refractivity (Wildman–Crippen MR) is 111 cm³/mol. The van der Waals surface area contributed by atoms with E-state index in [1.165, 1.54) is 29.2 Å². The van der Waals surface area contributed by atoms with Crippen LogP contribution in [-0.4, -0.2) is 62.5 Å². The van der Waals surface area contributed by atoms with E-state index in [4.69, 9.17) is 9.79 Å². The highest BCUT2D eigenvalue weighted by atomic mass is 31.2. The van der Waals surface area contributed by atoms with Crippen LogP contribution < -0.4 is 0 Å². The van der Waals surface area contributed by atoms with Crippen molar-refractivity contribution in [2.75, 3.05) is 19.3 Å². The smallest absolute Gasteiger partial charge is 0.324 e. The minimum absolute atomic E-state index is 0.0419. The Hall–Kier alpha value is -2.87. The molecule has 2 heterocycles. The number of unbranched alkanes of at least 4 members (excludes halogenated alkanes) is 1. The van der Waals surface area contributed by atoms with Crippen LogP contribution in [0.15, 0.2) is 24.3 Å². The molecular formula is C21H21N2O7P. The van der Waals surface area contributed by atoms with Crippen LogP contribution in [0.3, 0.4) is 0 Å². The van der Waals surface area contributed by atoms with Gasteiger partial charge in [0, 0.05) is 46.1 Å². The molecule has 0 saturated carbocycles. The largest absolute Gasteiger partial charge is 0.325 e. The molecule has 162 valence electrons. The van der Waals surface area contributed by atoms with Crippen molar-refractivity contribution >= 4 is 42.0 Å². The van der Waals surface area contributed by atoms with Gasteiger partial charge in [0.05, 0.1) is 6.16 Å². The molecule has 0 aliphatic carbocycles. The van der Waals surface area contributed by atoms with Crippen LogP contribution in [0.4, 0.5) is 0 Å². The fourth-order valence-electron chi connectivity index (χ4n) is 4.13. The van der Waals surface area contributed by atoms with Gasteiger partial charge < -0.3 is 9.79 Å². The first-order valence-corrected chi connectivity index (χ1v) is 11.8. The fraction of sp³-hybridized carbons (Fsp3) is 0.333. The number of rotatable bonds is 7. The molecule has 4 rings (SSSR count). The maximum absolute atomic E-state index is 13.0. The normalized spacial score (nSPS) is 16.0. The van der Waals surface area contributed by atoms with E-state index in [0.717, 1.165) is 11.3 Å². The lowest BCUT2D eigenvalue weighted by molar-refractivity contribution is 0.0588. The van der Waals surface area contributed by atoms with Gasteiger partial charge in [0.15, 0.2) is 0 Å². The molecule has 9 nitrogen and oxygen atoms in total. The Balaban J connectivity index is 1.78. The Labute approximate surface area is 177 Å². The number of nitrogens with zero attached hydrogens (tertiary/aromatic N) is 2. The molecule has 2 aliphatic rings. The summed E-state index contributed by atoms with van der Waals surface area (Å²) in [6.07, 6.45) is 1.01. The van der Waals surface area contributed by atoms with Crippen LogP contribution in [0, 0.1) is 0 Å². The van der Waals surface area contributed by atoms with E-state index in [9.17, 15) is 23.7 Å². The molecule has 0 bridgehead atoms. The van der Waals surface area contributed by atoms with Gasteiger partial charge in [-0.15, -0.1) is 0 Å². The Morgan fingerprint density at radius 1 is 0.710 bits per heavy atom. The zero-order valence-corrected chi connectivity index (χ0v) is 17.7. The quantitative estimate of drug-likeness (QED) is 0.495. The van der Waals surface area contributed by atoms with Crippen LogP contribution in [0.1, 0.15) is 67.6 Å². The Bertz CT molecular complexity index is 1130. The lowest BCUT2D eigenvalue weighted by Gasteiger charge is -2.32. The molecule has 2 aromatic rings. The second-order valence-electron chi connectivity index (χ2n) is 7.69. The summed E-state index contributed by atoms with van der Waals surface area (Å²) >= 11 is 0. The third-order valence-corrected chi connectivity index (χ3v) is 6.53. The van der Waals surface area contributed by atoms with E-state index in [0.29, 0.717) is 18.4 Å². The van der Waals surface area contributed by atoms with Gasteiger partial charge in [0.2, 0.25) is 0 Å². The van der Waals surface area contributed by atoms with Crippen LogP contribution >= 0.6 is 7.60 Å². The molecule has 0 fully saturated rings. The predicted octanol–water partition coefficient (Wildman–Crippen LogP) is 2.40. The van der Waals surface area contributed by atoms with E-state index < -0.39 is 37.4 Å². The molecule has 2 aliphatic heterocycles. The number of benzene rings is 2. The summed E-state index contributed by atoms with van der Waals surface area (Å²) in [5.74, 6) is -2.11. The van der Waals surface area contributed by atoms with E-state index in [1.807, 2.05) is 6.92 Å². The Morgan fingerprint density at radius 2 is 1.06 bits per heavy atom. The van der Waals surface area contributed by atoms with E-state index >= 15 is 0 Å². The molecule has 4 amide bonds. The highest BCUT2D eigenvalue weighted by molar-refractivity contribution is 7.51. The third-order valence-electron chi connectivity index (χ3n) is 5.63. The first kappa shape index (κ1) is 21.4. The molecular weight excluding hydrogens is 423 g/mol. The van der Waals surface area contributed by atoms with Crippen LogP contribution in [-0.2, 0) is 4.57 Å². The van der Waals surface area contributed by atoms with Crippen molar-refractivity contribution in [3.8, 4) is 0 Å². The van der Waals surface area contributed by atoms with Gasteiger partial charge in [0.1, 0.15) is 0 Å². The first-order valence-electron chi connectivity index (χ1n) is 10.0. The van der Waals surface area contributed by atoms with E-state index in [1.54, 1.807) is 0 Å². The zero-order valence-electron chi connectivity index (χ0n) is 16.8. The van der Waals surface area contributed by atoms with Crippen molar-refractivity contribution in [3.05, 3.63) is 46.5 Å². The zero-order chi connectivity index (χ0) is 22.5. The molecule has 2 aromatic carbocycles. The minimum Gasteiger partial charge on any atom is -0.324 e. The number of hydrogen-bond acceptors (Lipinski definition) is 5. The average Bonchev–Trinajstić information content (AvgIpc) is 2.72. The van der Waals surface area contributed by atoms with Crippen molar-refractivity contribution in [1.29, 1.82) is 0 Å².